The Morgan fingerprint density at radius 2 is 1.91 bits per heavy atom. The van der Waals surface area contributed by atoms with Crippen LogP contribution in [0.25, 0.3) is 11.3 Å². The van der Waals surface area contributed by atoms with Crippen LogP contribution in [0, 0.1) is 24.4 Å². The number of aromatic nitrogens is 3. The monoisotopic (exact) mass is 670 g/mol. The number of aliphatic hydroxyl groups is 3. The van der Waals surface area contributed by atoms with Gasteiger partial charge in [-0.05, 0) is 49.2 Å². The van der Waals surface area contributed by atoms with Crippen molar-refractivity contribution in [2.75, 3.05) is 31.8 Å². The van der Waals surface area contributed by atoms with Crippen LogP contribution in [-0.4, -0.2) is 99.7 Å². The van der Waals surface area contributed by atoms with E-state index in [9.17, 15) is 33.3 Å². The largest absolute Gasteiger partial charge is 0.394 e. The number of benzene rings is 2. The number of anilines is 1. The number of aliphatic hydroxyl groups excluding tert-OH is 3. The van der Waals surface area contributed by atoms with Gasteiger partial charge in [0.1, 0.15) is 30.0 Å². The average molecular weight is 671 g/mol. The number of hydrogen-bond donors (Lipinski definition) is 3. The molecule has 43 heavy (non-hydrogen) atoms. The Morgan fingerprint density at radius 3 is 2.53 bits per heavy atom. The molecule has 2 aromatic carbocycles. The van der Waals surface area contributed by atoms with Crippen LogP contribution in [0.2, 0.25) is 0 Å². The predicted octanol–water partition coefficient (Wildman–Crippen LogP) is 2.29. The Hall–Kier alpha value is -2.92. The molecular formula is C28H30BrF3N4O7. The van der Waals surface area contributed by atoms with Crippen molar-refractivity contribution in [3.63, 3.8) is 0 Å². The van der Waals surface area contributed by atoms with E-state index in [1.807, 2.05) is 13.0 Å². The minimum Gasteiger partial charge on any atom is -0.394 e. The zero-order valence-electron chi connectivity index (χ0n) is 23.1. The van der Waals surface area contributed by atoms with E-state index in [1.54, 1.807) is 12.1 Å². The lowest BCUT2D eigenvalue weighted by Crippen LogP contribution is -2.63. The summed E-state index contributed by atoms with van der Waals surface area (Å²) in [7, 11) is 1.30. The standard InChI is InChI=1S/C28H30BrF3N4O7/c1-13-5-15(29)9-16(6-13)36(20-3-4-42-12-21(20)38)28(40)27-26(41-2)24(25(39)22(11-37)43-27)35-10-19(33-34-35)14-7-17(30)23(32)18(31)8-14/h5-10,20-22,24-27,37-39H,3-4,11-12H2,1-2H3/t20-,21-,22?,24?,25?,26?,27?/m1/s1. The van der Waals surface area contributed by atoms with Crippen molar-refractivity contribution in [1.82, 2.24) is 15.0 Å². The first-order valence-electron chi connectivity index (χ1n) is 13.4. The highest BCUT2D eigenvalue weighted by Gasteiger charge is 2.52. The lowest BCUT2D eigenvalue weighted by Gasteiger charge is -2.46. The van der Waals surface area contributed by atoms with Crippen molar-refractivity contribution in [2.24, 2.45) is 0 Å². The van der Waals surface area contributed by atoms with Gasteiger partial charge in [0.05, 0.1) is 31.6 Å². The van der Waals surface area contributed by atoms with Crippen LogP contribution in [0.15, 0.2) is 41.0 Å². The number of carbonyl (C=O) groups excluding carboxylic acids is 1. The van der Waals surface area contributed by atoms with Gasteiger partial charge in [-0.2, -0.15) is 0 Å². The minimum absolute atomic E-state index is 0.00751. The Balaban J connectivity index is 1.55. The predicted molar refractivity (Wildman–Crippen MR) is 149 cm³/mol. The van der Waals surface area contributed by atoms with Gasteiger partial charge < -0.3 is 34.4 Å². The zero-order valence-corrected chi connectivity index (χ0v) is 24.7. The number of rotatable bonds is 7. The number of amides is 1. The normalized spacial score (nSPS) is 27.7. The van der Waals surface area contributed by atoms with Gasteiger partial charge in [-0.1, -0.05) is 21.1 Å². The fourth-order valence-corrected chi connectivity index (χ4v) is 6.20. The maximum Gasteiger partial charge on any atom is 0.259 e. The van der Waals surface area contributed by atoms with E-state index < -0.39 is 72.6 Å². The molecule has 0 spiro atoms. The summed E-state index contributed by atoms with van der Waals surface area (Å²) in [5.74, 6) is -5.10. The second kappa shape index (κ2) is 13.0. The van der Waals surface area contributed by atoms with Gasteiger partial charge in [0.2, 0.25) is 0 Å². The molecule has 11 nitrogen and oxygen atoms in total. The van der Waals surface area contributed by atoms with E-state index in [0.717, 1.165) is 22.4 Å². The first-order valence-corrected chi connectivity index (χ1v) is 14.2. The summed E-state index contributed by atoms with van der Waals surface area (Å²) < 4.78 is 60.2. The first-order chi connectivity index (χ1) is 20.5. The minimum atomic E-state index is -1.64. The molecule has 0 bridgehead atoms. The molecule has 15 heteroatoms. The Bertz CT molecular complexity index is 1440. The van der Waals surface area contributed by atoms with Gasteiger partial charge in [0.25, 0.3) is 5.91 Å². The quantitative estimate of drug-likeness (QED) is 0.323. The van der Waals surface area contributed by atoms with Crippen LogP contribution < -0.4 is 4.90 Å². The summed E-state index contributed by atoms with van der Waals surface area (Å²) in [4.78, 5) is 15.9. The number of carbonyl (C=O) groups is 1. The van der Waals surface area contributed by atoms with Gasteiger partial charge in [0.15, 0.2) is 23.6 Å². The van der Waals surface area contributed by atoms with Crippen molar-refractivity contribution in [2.45, 2.75) is 55.9 Å². The SMILES string of the molecule is COC1C(C(=O)N(c2cc(C)cc(Br)c2)[C@@H]2CCOC[C@H]2O)OC(CO)C(O)C1n1cc(-c2cc(F)c(F)c(F)c2)nn1. The average Bonchev–Trinajstić information content (AvgIpc) is 3.45. The second-order valence-corrected chi connectivity index (χ2v) is 11.4. The van der Waals surface area contributed by atoms with E-state index in [0.29, 0.717) is 23.2 Å². The summed E-state index contributed by atoms with van der Waals surface area (Å²) in [5, 5.41) is 40.1. The fourth-order valence-electron chi connectivity index (χ4n) is 5.61. The first kappa shape index (κ1) is 31.5. The molecule has 2 fully saturated rings. The molecule has 2 aliphatic heterocycles. The molecule has 1 aromatic heterocycles. The molecule has 232 valence electrons. The van der Waals surface area contributed by atoms with Crippen LogP contribution in [0.1, 0.15) is 18.0 Å². The maximum atomic E-state index is 14.4. The molecule has 0 saturated carbocycles. The van der Waals surface area contributed by atoms with Crippen LogP contribution >= 0.6 is 15.9 Å². The number of halogens is 4. The Morgan fingerprint density at radius 1 is 1.19 bits per heavy atom. The third-order valence-electron chi connectivity index (χ3n) is 7.64. The molecule has 1 amide bonds. The topological polar surface area (TPSA) is 139 Å². The highest BCUT2D eigenvalue weighted by molar-refractivity contribution is 9.10. The molecule has 5 unspecified atom stereocenters. The number of ether oxygens (including phenoxy) is 3. The van der Waals surface area contributed by atoms with Gasteiger partial charge in [0, 0.05) is 29.4 Å². The molecule has 2 saturated heterocycles. The lowest BCUT2D eigenvalue weighted by molar-refractivity contribution is -0.211. The van der Waals surface area contributed by atoms with Gasteiger partial charge in [-0.15, -0.1) is 5.10 Å². The van der Waals surface area contributed by atoms with E-state index in [4.69, 9.17) is 14.2 Å². The summed E-state index contributed by atoms with van der Waals surface area (Å²) in [5.41, 5.74) is 1.13. The third kappa shape index (κ3) is 6.20. The molecule has 2 aliphatic rings. The Labute approximate surface area is 252 Å². The zero-order chi connectivity index (χ0) is 31.0. The van der Waals surface area contributed by atoms with Crippen molar-refractivity contribution in [3.8, 4) is 11.3 Å². The van der Waals surface area contributed by atoms with Crippen LogP contribution in [0.3, 0.4) is 0 Å². The molecule has 0 radical (unpaired) electrons. The fraction of sp³-hybridized carbons (Fsp3) is 0.464. The highest BCUT2D eigenvalue weighted by Crippen LogP contribution is 2.36. The van der Waals surface area contributed by atoms with Crippen LogP contribution in [0.4, 0.5) is 18.9 Å². The smallest absolute Gasteiger partial charge is 0.259 e. The van der Waals surface area contributed by atoms with Crippen molar-refractivity contribution >= 4 is 27.5 Å². The molecule has 5 rings (SSSR count). The summed E-state index contributed by atoms with van der Waals surface area (Å²) in [6.07, 6.45) is -4.83. The molecular weight excluding hydrogens is 641 g/mol. The summed E-state index contributed by atoms with van der Waals surface area (Å²) in [6.45, 7) is 1.48. The van der Waals surface area contributed by atoms with Gasteiger partial charge in [-0.3, -0.25) is 4.79 Å². The van der Waals surface area contributed by atoms with Crippen molar-refractivity contribution in [3.05, 3.63) is 64.0 Å². The van der Waals surface area contributed by atoms with Crippen molar-refractivity contribution in [1.29, 1.82) is 0 Å². The third-order valence-corrected chi connectivity index (χ3v) is 8.10. The summed E-state index contributed by atoms with van der Waals surface area (Å²) in [6, 6.07) is 4.98. The molecule has 3 heterocycles. The van der Waals surface area contributed by atoms with Crippen LogP contribution in [-0.2, 0) is 19.0 Å². The molecule has 3 aromatic rings. The Kier molecular flexibility index (Phi) is 9.51. The van der Waals surface area contributed by atoms with E-state index in [1.165, 1.54) is 18.2 Å². The number of nitrogens with zero attached hydrogens (tertiary/aromatic N) is 4. The molecule has 7 atom stereocenters. The van der Waals surface area contributed by atoms with Gasteiger partial charge in [-0.25, -0.2) is 17.9 Å². The van der Waals surface area contributed by atoms with E-state index in [-0.39, 0.29) is 17.9 Å². The number of aryl methyl sites for hydroxylation is 1. The molecule has 3 N–H and O–H groups in total. The van der Waals surface area contributed by atoms with E-state index >= 15 is 0 Å². The second-order valence-electron chi connectivity index (χ2n) is 10.5. The van der Waals surface area contributed by atoms with E-state index in [2.05, 4.69) is 26.2 Å². The highest BCUT2D eigenvalue weighted by atomic mass is 79.9. The van der Waals surface area contributed by atoms with Crippen LogP contribution in [0.5, 0.6) is 0 Å². The molecule has 0 aliphatic carbocycles. The van der Waals surface area contributed by atoms with Gasteiger partial charge >= 0.3 is 0 Å². The maximum absolute atomic E-state index is 14.4. The number of hydrogen-bond acceptors (Lipinski definition) is 9. The van der Waals surface area contributed by atoms with Crippen molar-refractivity contribution < 1.29 is 47.5 Å². The number of methoxy groups -OCH3 is 1. The lowest BCUT2D eigenvalue weighted by atomic mass is 9.90. The summed E-state index contributed by atoms with van der Waals surface area (Å²) >= 11 is 3.46.